The molecule has 1 fully saturated rings. The number of benzene rings is 1. The molecule has 2 nitrogen and oxygen atoms in total. The predicted octanol–water partition coefficient (Wildman–Crippen LogP) is 4.20. The van der Waals surface area contributed by atoms with Crippen LogP contribution in [0.1, 0.15) is 50.6 Å². The molecule has 106 valence electrons. The summed E-state index contributed by atoms with van der Waals surface area (Å²) in [7, 11) is 0. The van der Waals surface area contributed by atoms with Gasteiger partial charge in [-0.2, -0.15) is 0 Å². The van der Waals surface area contributed by atoms with Crippen LogP contribution in [0.25, 0.3) is 0 Å². The van der Waals surface area contributed by atoms with Crippen LogP contribution < -0.4 is 11.3 Å². The lowest BCUT2D eigenvalue weighted by Gasteiger charge is -2.34. The summed E-state index contributed by atoms with van der Waals surface area (Å²) in [6.45, 7) is 2.22. The highest BCUT2D eigenvalue weighted by Gasteiger charge is 2.29. The molecule has 0 amide bonds. The average molecular weight is 285 g/mol. The minimum Gasteiger partial charge on any atom is -0.271 e. The third-order valence-electron chi connectivity index (χ3n) is 4.35. The number of hydrazine groups is 1. The SMILES string of the molecule is CCC1CCCC(C(NN)c2ccc(Cl)cc2F)C1. The Morgan fingerprint density at radius 2 is 2.26 bits per heavy atom. The molecule has 2 rings (SSSR count). The first-order chi connectivity index (χ1) is 9.15. The predicted molar refractivity (Wildman–Crippen MR) is 77.2 cm³/mol. The fourth-order valence-corrected chi connectivity index (χ4v) is 3.40. The van der Waals surface area contributed by atoms with Gasteiger partial charge in [0, 0.05) is 10.6 Å². The highest BCUT2D eigenvalue weighted by molar-refractivity contribution is 6.30. The molecule has 3 unspecified atom stereocenters. The topological polar surface area (TPSA) is 38.0 Å². The third kappa shape index (κ3) is 3.47. The first-order valence-corrected chi connectivity index (χ1v) is 7.44. The lowest BCUT2D eigenvalue weighted by atomic mass is 9.75. The van der Waals surface area contributed by atoms with Gasteiger partial charge in [-0.25, -0.2) is 4.39 Å². The van der Waals surface area contributed by atoms with Crippen LogP contribution in [0.15, 0.2) is 18.2 Å². The summed E-state index contributed by atoms with van der Waals surface area (Å²) in [5.41, 5.74) is 3.44. The van der Waals surface area contributed by atoms with Crippen LogP contribution in [0.3, 0.4) is 0 Å². The maximum Gasteiger partial charge on any atom is 0.129 e. The fraction of sp³-hybridized carbons (Fsp3) is 0.600. The van der Waals surface area contributed by atoms with Gasteiger partial charge in [0.2, 0.25) is 0 Å². The quantitative estimate of drug-likeness (QED) is 0.642. The maximum absolute atomic E-state index is 14.0. The highest BCUT2D eigenvalue weighted by Crippen LogP contribution is 2.39. The summed E-state index contributed by atoms with van der Waals surface area (Å²) >= 11 is 5.80. The van der Waals surface area contributed by atoms with Crippen molar-refractivity contribution in [3.63, 3.8) is 0 Å². The summed E-state index contributed by atoms with van der Waals surface area (Å²) in [5.74, 6) is 6.55. The van der Waals surface area contributed by atoms with Crippen molar-refractivity contribution < 1.29 is 4.39 Å². The Morgan fingerprint density at radius 3 is 2.89 bits per heavy atom. The van der Waals surface area contributed by atoms with E-state index >= 15 is 0 Å². The van der Waals surface area contributed by atoms with Crippen molar-refractivity contribution in [3.05, 3.63) is 34.6 Å². The van der Waals surface area contributed by atoms with Gasteiger partial charge in [-0.3, -0.25) is 11.3 Å². The Bertz CT molecular complexity index is 425. The van der Waals surface area contributed by atoms with Gasteiger partial charge in [0.25, 0.3) is 0 Å². The molecule has 19 heavy (non-hydrogen) atoms. The van der Waals surface area contributed by atoms with Crippen molar-refractivity contribution in [1.29, 1.82) is 0 Å². The zero-order valence-corrected chi connectivity index (χ0v) is 12.1. The zero-order chi connectivity index (χ0) is 13.8. The molecule has 0 saturated heterocycles. The van der Waals surface area contributed by atoms with Gasteiger partial charge in [0.1, 0.15) is 5.82 Å². The normalized spacial score (nSPS) is 25.3. The van der Waals surface area contributed by atoms with Crippen molar-refractivity contribution in [2.24, 2.45) is 17.7 Å². The molecule has 1 aromatic carbocycles. The molecule has 1 saturated carbocycles. The van der Waals surface area contributed by atoms with E-state index in [1.165, 1.54) is 25.3 Å². The van der Waals surface area contributed by atoms with Gasteiger partial charge in [-0.1, -0.05) is 43.9 Å². The molecule has 1 aliphatic carbocycles. The van der Waals surface area contributed by atoms with Crippen molar-refractivity contribution in [2.45, 2.75) is 45.1 Å². The van der Waals surface area contributed by atoms with Gasteiger partial charge >= 0.3 is 0 Å². The molecule has 0 spiro atoms. The first kappa shape index (κ1) is 14.8. The number of nitrogens with one attached hydrogen (secondary N) is 1. The summed E-state index contributed by atoms with van der Waals surface area (Å²) in [6.07, 6.45) is 5.90. The van der Waals surface area contributed by atoms with Gasteiger partial charge in [-0.15, -0.1) is 0 Å². The van der Waals surface area contributed by atoms with E-state index in [9.17, 15) is 4.39 Å². The number of nitrogens with two attached hydrogens (primary N) is 1. The van der Waals surface area contributed by atoms with Crippen LogP contribution in [0, 0.1) is 17.7 Å². The average Bonchev–Trinajstić information content (AvgIpc) is 2.42. The molecule has 3 atom stereocenters. The Morgan fingerprint density at radius 1 is 1.47 bits per heavy atom. The molecule has 0 heterocycles. The van der Waals surface area contributed by atoms with E-state index < -0.39 is 0 Å². The van der Waals surface area contributed by atoms with E-state index in [4.69, 9.17) is 17.4 Å². The summed E-state index contributed by atoms with van der Waals surface area (Å²) in [4.78, 5) is 0. The van der Waals surface area contributed by atoms with Gasteiger partial charge in [-0.05, 0) is 36.8 Å². The molecule has 0 radical (unpaired) electrons. The summed E-state index contributed by atoms with van der Waals surface area (Å²) < 4.78 is 14.0. The van der Waals surface area contributed by atoms with Crippen LogP contribution >= 0.6 is 11.6 Å². The minimum absolute atomic E-state index is 0.119. The summed E-state index contributed by atoms with van der Waals surface area (Å²) in [5, 5.41) is 0.423. The summed E-state index contributed by atoms with van der Waals surface area (Å²) in [6, 6.07) is 4.72. The Hall–Kier alpha value is -0.640. The Balaban J connectivity index is 2.19. The monoisotopic (exact) mass is 284 g/mol. The standard InChI is InChI=1S/C15H22ClFN2/c1-2-10-4-3-5-11(8-10)15(19-18)13-7-6-12(16)9-14(13)17/h6-7,9-11,15,19H,2-5,8,18H2,1H3. The molecule has 1 aliphatic rings. The number of rotatable bonds is 4. The van der Waals surface area contributed by atoms with Crippen molar-refractivity contribution in [2.75, 3.05) is 0 Å². The Kier molecular flexibility index (Phi) is 5.20. The first-order valence-electron chi connectivity index (χ1n) is 7.06. The lowest BCUT2D eigenvalue weighted by molar-refractivity contribution is 0.207. The molecule has 3 N–H and O–H groups in total. The number of hydrogen-bond donors (Lipinski definition) is 2. The van der Waals surface area contributed by atoms with Crippen LogP contribution in [0.5, 0.6) is 0 Å². The van der Waals surface area contributed by atoms with E-state index in [1.807, 2.05) is 0 Å². The lowest BCUT2D eigenvalue weighted by Crippen LogP contribution is -2.36. The molecular weight excluding hydrogens is 263 g/mol. The number of hydrogen-bond acceptors (Lipinski definition) is 2. The molecule has 0 bridgehead atoms. The van der Waals surface area contributed by atoms with Crippen molar-refractivity contribution in [3.8, 4) is 0 Å². The van der Waals surface area contributed by atoms with E-state index in [0.29, 0.717) is 16.5 Å². The fourth-order valence-electron chi connectivity index (χ4n) is 3.24. The molecule has 1 aromatic rings. The van der Waals surface area contributed by atoms with Crippen molar-refractivity contribution >= 4 is 11.6 Å². The van der Waals surface area contributed by atoms with Gasteiger partial charge < -0.3 is 0 Å². The molecule has 4 heteroatoms. The van der Waals surface area contributed by atoms with Crippen LogP contribution in [-0.2, 0) is 0 Å². The van der Waals surface area contributed by atoms with E-state index in [0.717, 1.165) is 18.8 Å². The third-order valence-corrected chi connectivity index (χ3v) is 4.58. The van der Waals surface area contributed by atoms with E-state index in [-0.39, 0.29) is 11.9 Å². The maximum atomic E-state index is 14.0. The van der Waals surface area contributed by atoms with Gasteiger partial charge in [0.05, 0.1) is 6.04 Å². The second-order valence-electron chi connectivity index (χ2n) is 5.51. The van der Waals surface area contributed by atoms with Crippen LogP contribution in [-0.4, -0.2) is 0 Å². The number of halogens is 2. The minimum atomic E-state index is -0.269. The van der Waals surface area contributed by atoms with E-state index in [1.54, 1.807) is 12.1 Å². The van der Waals surface area contributed by atoms with Crippen LogP contribution in [0.2, 0.25) is 5.02 Å². The largest absolute Gasteiger partial charge is 0.271 e. The van der Waals surface area contributed by atoms with Crippen molar-refractivity contribution in [1.82, 2.24) is 5.43 Å². The zero-order valence-electron chi connectivity index (χ0n) is 11.3. The second-order valence-corrected chi connectivity index (χ2v) is 5.95. The highest BCUT2D eigenvalue weighted by atomic mass is 35.5. The smallest absolute Gasteiger partial charge is 0.129 e. The van der Waals surface area contributed by atoms with Crippen LogP contribution in [0.4, 0.5) is 4.39 Å². The van der Waals surface area contributed by atoms with E-state index in [2.05, 4.69) is 12.3 Å². The molecular formula is C15H22ClFN2. The second kappa shape index (κ2) is 6.69. The Labute approximate surface area is 119 Å². The van der Waals surface area contributed by atoms with Gasteiger partial charge in [0.15, 0.2) is 0 Å². The molecule has 0 aromatic heterocycles. The molecule has 0 aliphatic heterocycles.